The molecule has 0 aromatic carbocycles. The predicted molar refractivity (Wildman–Crippen MR) is 111 cm³/mol. The van der Waals surface area contributed by atoms with E-state index in [2.05, 4.69) is 24.8 Å². The van der Waals surface area contributed by atoms with Crippen LogP contribution < -0.4 is 4.90 Å². The highest BCUT2D eigenvalue weighted by Crippen LogP contribution is 2.35. The summed E-state index contributed by atoms with van der Waals surface area (Å²) in [6.07, 6.45) is 3.00. The first-order chi connectivity index (χ1) is 14.5. The Morgan fingerprint density at radius 2 is 1.57 bits per heavy atom. The van der Waals surface area contributed by atoms with Crippen LogP contribution in [0.5, 0.6) is 0 Å². The van der Waals surface area contributed by atoms with Gasteiger partial charge in [0.15, 0.2) is 0 Å². The van der Waals surface area contributed by atoms with Crippen molar-refractivity contribution in [3.63, 3.8) is 0 Å². The van der Waals surface area contributed by atoms with E-state index in [4.69, 9.17) is 9.72 Å². The Labute approximate surface area is 177 Å². The quantitative estimate of drug-likeness (QED) is 0.677. The first kappa shape index (κ1) is 20.6. The molecule has 0 radical (unpaired) electrons. The van der Waals surface area contributed by atoms with Crippen LogP contribution >= 0.6 is 0 Å². The van der Waals surface area contributed by atoms with E-state index in [0.29, 0.717) is 64.0 Å². The molecule has 3 aliphatic rings. The molecule has 2 aliphatic heterocycles. The highest BCUT2D eigenvalue weighted by molar-refractivity contribution is 6.34. The minimum absolute atomic E-state index is 0.303. The standard InChI is InChI=1S/C22H29N5O3/c1-15(2)19-17-5-3-4-16(17)18(14-23)20(24-19)25-6-8-26(9-7-25)21(28)22(29)27-10-12-30-13-11-27/h15H,3-13H2,1-2H3. The average Bonchev–Trinajstić information content (AvgIpc) is 3.27. The normalized spacial score (nSPS) is 19.1. The van der Waals surface area contributed by atoms with Gasteiger partial charge in [-0.15, -0.1) is 0 Å². The topological polar surface area (TPSA) is 89.8 Å². The molecule has 2 saturated heterocycles. The summed E-state index contributed by atoms with van der Waals surface area (Å²) in [4.78, 5) is 35.4. The number of pyridine rings is 1. The molecule has 8 heteroatoms. The average molecular weight is 412 g/mol. The zero-order valence-corrected chi connectivity index (χ0v) is 17.8. The molecule has 8 nitrogen and oxygen atoms in total. The fraction of sp³-hybridized carbons (Fsp3) is 0.636. The van der Waals surface area contributed by atoms with Gasteiger partial charge in [-0.3, -0.25) is 9.59 Å². The minimum atomic E-state index is -0.443. The molecular formula is C22H29N5O3. The second-order valence-electron chi connectivity index (χ2n) is 8.46. The predicted octanol–water partition coefficient (Wildman–Crippen LogP) is 1.07. The Bertz CT molecular complexity index is 878. The van der Waals surface area contributed by atoms with Crippen LogP contribution in [0.1, 0.15) is 48.6 Å². The van der Waals surface area contributed by atoms with Crippen LogP contribution in [0.25, 0.3) is 0 Å². The monoisotopic (exact) mass is 411 g/mol. The second kappa shape index (κ2) is 8.60. The highest BCUT2D eigenvalue weighted by Gasteiger charge is 2.32. The molecule has 0 N–H and O–H groups in total. The number of amides is 2. The molecule has 0 saturated carbocycles. The van der Waals surface area contributed by atoms with Crippen molar-refractivity contribution in [2.75, 3.05) is 57.4 Å². The van der Waals surface area contributed by atoms with Crippen molar-refractivity contribution in [1.29, 1.82) is 5.26 Å². The molecule has 2 amide bonds. The number of carbonyl (C=O) groups is 2. The first-order valence-electron chi connectivity index (χ1n) is 10.9. The van der Waals surface area contributed by atoms with Crippen molar-refractivity contribution in [1.82, 2.24) is 14.8 Å². The van der Waals surface area contributed by atoms with Crippen molar-refractivity contribution in [3.05, 3.63) is 22.4 Å². The van der Waals surface area contributed by atoms with Crippen molar-refractivity contribution in [3.8, 4) is 6.07 Å². The van der Waals surface area contributed by atoms with E-state index in [1.165, 1.54) is 5.56 Å². The lowest BCUT2D eigenvalue weighted by molar-refractivity contribution is -0.154. The highest BCUT2D eigenvalue weighted by atomic mass is 16.5. The number of piperazine rings is 1. The molecule has 2 fully saturated rings. The summed E-state index contributed by atoms with van der Waals surface area (Å²) in [5, 5.41) is 9.86. The van der Waals surface area contributed by atoms with Crippen LogP contribution in [0, 0.1) is 11.3 Å². The van der Waals surface area contributed by atoms with Gasteiger partial charge in [-0.25, -0.2) is 4.98 Å². The summed E-state index contributed by atoms with van der Waals surface area (Å²) < 4.78 is 5.26. The van der Waals surface area contributed by atoms with Crippen LogP contribution in [-0.4, -0.2) is 79.1 Å². The van der Waals surface area contributed by atoms with Gasteiger partial charge >= 0.3 is 11.8 Å². The zero-order chi connectivity index (χ0) is 21.3. The van der Waals surface area contributed by atoms with Gasteiger partial charge in [0.1, 0.15) is 11.9 Å². The number of rotatable bonds is 2. The van der Waals surface area contributed by atoms with Crippen LogP contribution in [0.4, 0.5) is 5.82 Å². The van der Waals surface area contributed by atoms with Gasteiger partial charge in [0.05, 0.1) is 18.8 Å². The molecule has 1 aromatic heterocycles. The van der Waals surface area contributed by atoms with Gasteiger partial charge in [-0.1, -0.05) is 13.8 Å². The summed E-state index contributed by atoms with van der Waals surface area (Å²) in [5.74, 6) is 0.162. The summed E-state index contributed by atoms with van der Waals surface area (Å²) in [5.41, 5.74) is 4.20. The number of ether oxygens (including phenoxy) is 1. The van der Waals surface area contributed by atoms with Crippen LogP contribution in [0.2, 0.25) is 0 Å². The van der Waals surface area contributed by atoms with Gasteiger partial charge < -0.3 is 19.4 Å². The number of hydrogen-bond acceptors (Lipinski definition) is 6. The molecule has 0 bridgehead atoms. The molecule has 0 spiro atoms. The Hall–Kier alpha value is -2.66. The summed E-state index contributed by atoms with van der Waals surface area (Å²) >= 11 is 0. The van der Waals surface area contributed by atoms with Gasteiger partial charge in [0.25, 0.3) is 0 Å². The van der Waals surface area contributed by atoms with E-state index >= 15 is 0 Å². The van der Waals surface area contributed by atoms with Gasteiger partial charge in [-0.2, -0.15) is 5.26 Å². The number of carbonyl (C=O) groups excluding carboxylic acids is 2. The maximum absolute atomic E-state index is 12.7. The lowest BCUT2D eigenvalue weighted by atomic mass is 9.97. The lowest BCUT2D eigenvalue weighted by Crippen LogP contribution is -2.55. The third-order valence-corrected chi connectivity index (χ3v) is 6.29. The number of hydrogen-bond donors (Lipinski definition) is 0. The van der Waals surface area contributed by atoms with Crippen molar-refractivity contribution >= 4 is 17.6 Å². The Kier molecular flexibility index (Phi) is 5.91. The van der Waals surface area contributed by atoms with Gasteiger partial charge in [-0.05, 0) is 36.3 Å². The number of anilines is 1. The second-order valence-corrected chi connectivity index (χ2v) is 8.46. The number of nitriles is 1. The van der Waals surface area contributed by atoms with Crippen molar-refractivity contribution in [2.24, 2.45) is 0 Å². The molecule has 1 aromatic rings. The molecule has 4 rings (SSSR count). The molecule has 160 valence electrons. The van der Waals surface area contributed by atoms with E-state index in [1.807, 2.05) is 0 Å². The van der Waals surface area contributed by atoms with Crippen LogP contribution in [0.15, 0.2) is 0 Å². The Morgan fingerprint density at radius 1 is 0.967 bits per heavy atom. The van der Waals surface area contributed by atoms with Crippen LogP contribution in [0.3, 0.4) is 0 Å². The Balaban J connectivity index is 1.49. The molecule has 3 heterocycles. The lowest BCUT2D eigenvalue weighted by Gasteiger charge is -2.37. The van der Waals surface area contributed by atoms with Gasteiger partial charge in [0.2, 0.25) is 0 Å². The third-order valence-electron chi connectivity index (χ3n) is 6.29. The van der Waals surface area contributed by atoms with Crippen molar-refractivity contribution < 1.29 is 14.3 Å². The van der Waals surface area contributed by atoms with Gasteiger partial charge in [0, 0.05) is 45.0 Å². The molecule has 0 atom stereocenters. The fourth-order valence-corrected chi connectivity index (χ4v) is 4.66. The molecule has 1 aliphatic carbocycles. The summed E-state index contributed by atoms with van der Waals surface area (Å²) in [7, 11) is 0. The van der Waals surface area contributed by atoms with Crippen LogP contribution in [-0.2, 0) is 27.2 Å². The smallest absolute Gasteiger partial charge is 0.312 e. The minimum Gasteiger partial charge on any atom is -0.378 e. The van der Waals surface area contributed by atoms with E-state index in [-0.39, 0.29) is 0 Å². The molecule has 0 unspecified atom stereocenters. The third kappa shape index (κ3) is 3.74. The molecule has 30 heavy (non-hydrogen) atoms. The number of morpholine rings is 1. The number of fused-ring (bicyclic) bond motifs is 1. The van der Waals surface area contributed by atoms with E-state index in [0.717, 1.165) is 36.3 Å². The largest absolute Gasteiger partial charge is 0.378 e. The van der Waals surface area contributed by atoms with E-state index < -0.39 is 11.8 Å². The maximum Gasteiger partial charge on any atom is 0.312 e. The Morgan fingerprint density at radius 3 is 2.17 bits per heavy atom. The van der Waals surface area contributed by atoms with E-state index in [9.17, 15) is 14.9 Å². The van der Waals surface area contributed by atoms with Crippen molar-refractivity contribution in [2.45, 2.75) is 39.0 Å². The van der Waals surface area contributed by atoms with E-state index in [1.54, 1.807) is 9.80 Å². The number of aromatic nitrogens is 1. The summed E-state index contributed by atoms with van der Waals surface area (Å²) in [6, 6.07) is 2.40. The number of nitrogens with zero attached hydrogens (tertiary/aromatic N) is 5. The SMILES string of the molecule is CC(C)c1nc(N2CCN(C(=O)C(=O)N3CCOCC3)CC2)c(C#N)c2c1CCC2. The zero-order valence-electron chi connectivity index (χ0n) is 17.8. The molecular weight excluding hydrogens is 382 g/mol. The fourth-order valence-electron chi connectivity index (χ4n) is 4.66. The first-order valence-corrected chi connectivity index (χ1v) is 10.9. The summed E-state index contributed by atoms with van der Waals surface area (Å²) in [6.45, 7) is 8.22. The maximum atomic E-state index is 12.7.